The average molecular weight is 338 g/mol. The van der Waals surface area contributed by atoms with Crippen molar-refractivity contribution in [3.05, 3.63) is 40.8 Å². The third-order valence-electron chi connectivity index (χ3n) is 5.17. The minimum absolute atomic E-state index is 0.0769. The highest BCUT2D eigenvalue weighted by atomic mass is 16.2. The van der Waals surface area contributed by atoms with Gasteiger partial charge in [0.1, 0.15) is 12.1 Å². The van der Waals surface area contributed by atoms with Crippen molar-refractivity contribution in [3.63, 3.8) is 0 Å². The molecule has 1 saturated heterocycles. The Kier molecular flexibility index (Phi) is 3.82. The van der Waals surface area contributed by atoms with Crippen LogP contribution in [0.1, 0.15) is 19.8 Å². The van der Waals surface area contributed by atoms with Crippen LogP contribution < -0.4 is 5.56 Å². The lowest BCUT2D eigenvalue weighted by Gasteiger charge is -2.31. The molecular formula is C19H22N4O2. The molecule has 3 heterocycles. The minimum Gasteiger partial charge on any atom is -0.341 e. The van der Waals surface area contributed by atoms with Gasteiger partial charge in [-0.3, -0.25) is 9.59 Å². The van der Waals surface area contributed by atoms with Crippen LogP contribution in [0.25, 0.3) is 21.8 Å². The van der Waals surface area contributed by atoms with Crippen LogP contribution in [0.5, 0.6) is 0 Å². The standard InChI is InChI=1S/C19H22N4O2/c1-13-6-5-9-22(11-13)17(24)12-23-16-8-4-3-7-14(16)15-10-20-21(2)19(25)18(15)23/h3-4,7-8,10,13H,5-6,9,11-12H2,1-2H3/t13-/m0/s1. The molecule has 25 heavy (non-hydrogen) atoms. The number of rotatable bonds is 2. The molecule has 3 aromatic rings. The number of carbonyl (C=O) groups excluding carboxylic acids is 1. The molecule has 1 atom stereocenters. The number of likely N-dealkylation sites (tertiary alicyclic amines) is 1. The predicted octanol–water partition coefficient (Wildman–Crippen LogP) is 2.15. The predicted molar refractivity (Wildman–Crippen MR) is 97.5 cm³/mol. The summed E-state index contributed by atoms with van der Waals surface area (Å²) in [6, 6.07) is 7.81. The van der Waals surface area contributed by atoms with Crippen LogP contribution in [0.15, 0.2) is 35.3 Å². The second kappa shape index (κ2) is 6.02. The lowest BCUT2D eigenvalue weighted by Crippen LogP contribution is -2.41. The third-order valence-corrected chi connectivity index (χ3v) is 5.17. The van der Waals surface area contributed by atoms with Crippen molar-refractivity contribution >= 4 is 27.7 Å². The number of para-hydroxylation sites is 1. The SMILES string of the molecule is C[C@H]1CCCN(C(=O)Cn2c3ccccc3c3cnn(C)c(=O)c32)C1. The Labute approximate surface area is 145 Å². The Morgan fingerprint density at radius 2 is 2.08 bits per heavy atom. The van der Waals surface area contributed by atoms with Gasteiger partial charge in [0.2, 0.25) is 5.91 Å². The Morgan fingerprint density at radius 3 is 2.88 bits per heavy atom. The van der Waals surface area contributed by atoms with Gasteiger partial charge in [-0.25, -0.2) is 4.68 Å². The van der Waals surface area contributed by atoms with E-state index in [1.807, 2.05) is 33.7 Å². The van der Waals surface area contributed by atoms with Crippen molar-refractivity contribution in [2.75, 3.05) is 13.1 Å². The number of hydrogen-bond donors (Lipinski definition) is 0. The number of nitrogens with zero attached hydrogens (tertiary/aromatic N) is 4. The fraction of sp³-hybridized carbons (Fsp3) is 0.421. The maximum Gasteiger partial charge on any atom is 0.291 e. The zero-order chi connectivity index (χ0) is 17.6. The molecule has 130 valence electrons. The van der Waals surface area contributed by atoms with Crippen LogP contribution in [-0.2, 0) is 18.4 Å². The summed E-state index contributed by atoms with van der Waals surface area (Å²) in [4.78, 5) is 27.5. The number of aryl methyl sites for hydroxylation is 1. The van der Waals surface area contributed by atoms with Crippen molar-refractivity contribution in [2.45, 2.75) is 26.3 Å². The Bertz CT molecular complexity index is 1020. The smallest absolute Gasteiger partial charge is 0.291 e. The van der Waals surface area contributed by atoms with Gasteiger partial charge in [-0.15, -0.1) is 0 Å². The number of piperidine rings is 1. The monoisotopic (exact) mass is 338 g/mol. The summed E-state index contributed by atoms with van der Waals surface area (Å²) in [5.74, 6) is 0.612. The zero-order valence-corrected chi connectivity index (χ0v) is 14.6. The van der Waals surface area contributed by atoms with E-state index in [1.165, 1.54) is 11.1 Å². The fourth-order valence-electron chi connectivity index (χ4n) is 3.86. The van der Waals surface area contributed by atoms with E-state index in [4.69, 9.17) is 0 Å². The lowest BCUT2D eigenvalue weighted by molar-refractivity contribution is -0.133. The summed E-state index contributed by atoms with van der Waals surface area (Å²) < 4.78 is 3.18. The second-order valence-electron chi connectivity index (χ2n) is 7.03. The van der Waals surface area contributed by atoms with E-state index >= 15 is 0 Å². The maximum atomic E-state index is 12.9. The summed E-state index contributed by atoms with van der Waals surface area (Å²) >= 11 is 0. The molecule has 0 saturated carbocycles. The number of amides is 1. The first-order valence-corrected chi connectivity index (χ1v) is 8.77. The number of aromatic nitrogens is 3. The molecule has 0 unspecified atom stereocenters. The van der Waals surface area contributed by atoms with E-state index in [1.54, 1.807) is 13.2 Å². The molecule has 1 amide bonds. The molecule has 2 aromatic heterocycles. The Hall–Kier alpha value is -2.63. The van der Waals surface area contributed by atoms with Crippen LogP contribution in [-0.4, -0.2) is 38.2 Å². The molecule has 4 rings (SSSR count). The van der Waals surface area contributed by atoms with Gasteiger partial charge in [0.05, 0.1) is 6.20 Å². The van der Waals surface area contributed by atoms with Crippen molar-refractivity contribution < 1.29 is 4.79 Å². The van der Waals surface area contributed by atoms with Crippen molar-refractivity contribution in [3.8, 4) is 0 Å². The van der Waals surface area contributed by atoms with Crippen LogP contribution in [0.3, 0.4) is 0 Å². The molecule has 0 radical (unpaired) electrons. The van der Waals surface area contributed by atoms with E-state index in [0.717, 1.165) is 35.8 Å². The van der Waals surface area contributed by atoms with E-state index in [-0.39, 0.29) is 18.0 Å². The molecule has 6 heteroatoms. The van der Waals surface area contributed by atoms with Crippen LogP contribution in [0, 0.1) is 5.92 Å². The molecule has 0 aliphatic carbocycles. The van der Waals surface area contributed by atoms with Gasteiger partial charge in [0.25, 0.3) is 5.56 Å². The number of hydrogen-bond acceptors (Lipinski definition) is 3. The molecule has 0 bridgehead atoms. The third kappa shape index (κ3) is 2.62. The van der Waals surface area contributed by atoms with Gasteiger partial charge in [-0.05, 0) is 24.8 Å². The summed E-state index contributed by atoms with van der Waals surface area (Å²) in [5, 5.41) is 5.91. The molecule has 1 aromatic carbocycles. The Morgan fingerprint density at radius 1 is 1.28 bits per heavy atom. The Balaban J connectivity index is 1.83. The van der Waals surface area contributed by atoms with Crippen LogP contribution in [0.2, 0.25) is 0 Å². The van der Waals surface area contributed by atoms with Crippen molar-refractivity contribution in [2.24, 2.45) is 13.0 Å². The number of carbonyl (C=O) groups is 1. The average Bonchev–Trinajstić information content (AvgIpc) is 2.93. The quantitative estimate of drug-likeness (QED) is 0.719. The first-order chi connectivity index (χ1) is 12.1. The zero-order valence-electron chi connectivity index (χ0n) is 14.6. The van der Waals surface area contributed by atoms with E-state index in [2.05, 4.69) is 12.0 Å². The highest BCUT2D eigenvalue weighted by Crippen LogP contribution is 2.26. The highest BCUT2D eigenvalue weighted by Gasteiger charge is 2.23. The van der Waals surface area contributed by atoms with Gasteiger partial charge in [-0.1, -0.05) is 25.1 Å². The van der Waals surface area contributed by atoms with Gasteiger partial charge < -0.3 is 9.47 Å². The minimum atomic E-state index is -0.173. The molecular weight excluding hydrogens is 316 g/mol. The van der Waals surface area contributed by atoms with Gasteiger partial charge >= 0.3 is 0 Å². The largest absolute Gasteiger partial charge is 0.341 e. The molecule has 1 fully saturated rings. The topological polar surface area (TPSA) is 60.1 Å². The van der Waals surface area contributed by atoms with Gasteiger partial charge in [0.15, 0.2) is 0 Å². The normalized spacial score (nSPS) is 18.2. The second-order valence-corrected chi connectivity index (χ2v) is 7.03. The van der Waals surface area contributed by atoms with Gasteiger partial charge in [-0.2, -0.15) is 5.10 Å². The molecule has 0 spiro atoms. The highest BCUT2D eigenvalue weighted by molar-refractivity contribution is 6.07. The van der Waals surface area contributed by atoms with Crippen LogP contribution >= 0.6 is 0 Å². The molecule has 1 aliphatic heterocycles. The lowest BCUT2D eigenvalue weighted by atomic mass is 10.0. The van der Waals surface area contributed by atoms with E-state index in [0.29, 0.717) is 11.4 Å². The van der Waals surface area contributed by atoms with E-state index < -0.39 is 0 Å². The van der Waals surface area contributed by atoms with E-state index in [9.17, 15) is 9.59 Å². The van der Waals surface area contributed by atoms with Crippen molar-refractivity contribution in [1.29, 1.82) is 0 Å². The molecule has 0 N–H and O–H groups in total. The van der Waals surface area contributed by atoms with Crippen molar-refractivity contribution in [1.82, 2.24) is 19.2 Å². The number of benzene rings is 1. The molecule has 1 aliphatic rings. The number of fused-ring (bicyclic) bond motifs is 3. The van der Waals surface area contributed by atoms with Crippen LogP contribution in [0.4, 0.5) is 0 Å². The summed E-state index contributed by atoms with van der Waals surface area (Å²) in [6.45, 7) is 3.98. The maximum absolute atomic E-state index is 12.9. The molecule has 6 nitrogen and oxygen atoms in total. The summed E-state index contributed by atoms with van der Waals surface area (Å²) in [6.07, 6.45) is 3.93. The van der Waals surface area contributed by atoms with Gasteiger partial charge in [0, 0.05) is 36.4 Å². The fourth-order valence-corrected chi connectivity index (χ4v) is 3.86. The summed E-state index contributed by atoms with van der Waals surface area (Å²) in [5.41, 5.74) is 1.28. The summed E-state index contributed by atoms with van der Waals surface area (Å²) in [7, 11) is 1.64. The first-order valence-electron chi connectivity index (χ1n) is 8.77. The first kappa shape index (κ1) is 15.9.